The van der Waals surface area contributed by atoms with Crippen LogP contribution in [0.2, 0.25) is 0 Å². The molecular weight excluding hydrogens is 288 g/mol. The van der Waals surface area contributed by atoms with Crippen molar-refractivity contribution in [3.63, 3.8) is 0 Å². The number of nitrogens with one attached hydrogen (secondary N) is 2. The summed E-state index contributed by atoms with van der Waals surface area (Å²) in [6.07, 6.45) is 2.07. The van der Waals surface area contributed by atoms with Gasteiger partial charge in [0, 0.05) is 18.8 Å². The van der Waals surface area contributed by atoms with E-state index < -0.39 is 15.1 Å². The van der Waals surface area contributed by atoms with Gasteiger partial charge >= 0.3 is 0 Å². The highest BCUT2D eigenvalue weighted by molar-refractivity contribution is 7.92. The molecule has 2 aliphatic rings. The molecule has 1 saturated heterocycles. The van der Waals surface area contributed by atoms with E-state index in [-0.39, 0.29) is 24.1 Å². The molecule has 2 heterocycles. The molecule has 21 heavy (non-hydrogen) atoms. The molecule has 114 valence electrons. The molecule has 0 radical (unpaired) electrons. The van der Waals surface area contributed by atoms with Crippen LogP contribution in [0.1, 0.15) is 18.4 Å². The van der Waals surface area contributed by atoms with Crippen molar-refractivity contribution in [3.05, 3.63) is 29.8 Å². The molecular formula is C15H20N2O3S. The van der Waals surface area contributed by atoms with Crippen LogP contribution in [0.25, 0.3) is 0 Å². The Kier molecular flexibility index (Phi) is 3.89. The summed E-state index contributed by atoms with van der Waals surface area (Å²) in [7, 11) is -2.99. The van der Waals surface area contributed by atoms with Gasteiger partial charge in [0.2, 0.25) is 5.91 Å². The molecule has 3 rings (SSSR count). The van der Waals surface area contributed by atoms with Crippen LogP contribution in [0.3, 0.4) is 0 Å². The monoisotopic (exact) mass is 308 g/mol. The number of rotatable bonds is 3. The first kappa shape index (κ1) is 14.4. The van der Waals surface area contributed by atoms with Crippen LogP contribution in [-0.2, 0) is 21.1 Å². The Hall–Kier alpha value is -1.56. The molecule has 0 aliphatic carbocycles. The Bertz CT molecular complexity index is 642. The van der Waals surface area contributed by atoms with Crippen molar-refractivity contribution in [3.8, 4) is 0 Å². The van der Waals surface area contributed by atoms with E-state index in [1.165, 1.54) is 0 Å². The highest BCUT2D eigenvalue weighted by Crippen LogP contribution is 2.24. The molecule has 1 amide bonds. The van der Waals surface area contributed by atoms with Gasteiger partial charge in [-0.2, -0.15) is 0 Å². The van der Waals surface area contributed by atoms with Gasteiger partial charge in [-0.05, 0) is 30.9 Å². The predicted octanol–water partition coefficient (Wildman–Crippen LogP) is 0.964. The van der Waals surface area contributed by atoms with E-state index in [1.807, 2.05) is 24.3 Å². The zero-order valence-corrected chi connectivity index (χ0v) is 12.7. The highest BCUT2D eigenvalue weighted by Gasteiger charge is 2.32. The molecule has 0 saturated carbocycles. The number of hydrogen-bond donors (Lipinski definition) is 2. The second-order valence-electron chi connectivity index (χ2n) is 5.82. The maximum absolute atomic E-state index is 12.2. The number of anilines is 1. The maximum Gasteiger partial charge on any atom is 0.225 e. The predicted molar refractivity (Wildman–Crippen MR) is 81.9 cm³/mol. The third-order valence-corrected chi connectivity index (χ3v) is 6.64. The smallest absolute Gasteiger partial charge is 0.225 e. The topological polar surface area (TPSA) is 75.3 Å². The Morgan fingerprint density at radius 1 is 1.33 bits per heavy atom. The molecule has 2 atom stereocenters. The van der Waals surface area contributed by atoms with Crippen LogP contribution in [0, 0.1) is 5.92 Å². The van der Waals surface area contributed by atoms with E-state index in [2.05, 4.69) is 10.6 Å². The number of amides is 1. The maximum atomic E-state index is 12.2. The number of carbonyl (C=O) groups is 1. The van der Waals surface area contributed by atoms with E-state index in [1.54, 1.807) is 0 Å². The largest absolute Gasteiger partial charge is 0.384 e. The average Bonchev–Trinajstić information content (AvgIpc) is 2.83. The van der Waals surface area contributed by atoms with Gasteiger partial charge in [0.25, 0.3) is 0 Å². The summed E-state index contributed by atoms with van der Waals surface area (Å²) < 4.78 is 23.5. The number of sulfone groups is 1. The summed E-state index contributed by atoms with van der Waals surface area (Å²) in [4.78, 5) is 12.2. The van der Waals surface area contributed by atoms with Gasteiger partial charge in [-0.1, -0.05) is 18.2 Å². The number of fused-ring (bicyclic) bond motifs is 1. The molecule has 5 nitrogen and oxygen atoms in total. The molecule has 0 spiro atoms. The van der Waals surface area contributed by atoms with Crippen molar-refractivity contribution in [1.82, 2.24) is 5.32 Å². The van der Waals surface area contributed by atoms with Gasteiger partial charge in [-0.25, -0.2) is 8.42 Å². The second-order valence-corrected chi connectivity index (χ2v) is 8.22. The first-order valence-corrected chi connectivity index (χ1v) is 9.09. The van der Waals surface area contributed by atoms with E-state index in [0.29, 0.717) is 25.8 Å². The van der Waals surface area contributed by atoms with Crippen molar-refractivity contribution in [1.29, 1.82) is 0 Å². The fourth-order valence-electron chi connectivity index (χ4n) is 3.07. The summed E-state index contributed by atoms with van der Waals surface area (Å²) in [5, 5.41) is 5.68. The molecule has 0 bridgehead atoms. The Morgan fingerprint density at radius 2 is 2.14 bits per heavy atom. The molecule has 6 heteroatoms. The van der Waals surface area contributed by atoms with Gasteiger partial charge in [-0.3, -0.25) is 4.79 Å². The molecule has 2 N–H and O–H groups in total. The minimum Gasteiger partial charge on any atom is -0.384 e. The van der Waals surface area contributed by atoms with Crippen molar-refractivity contribution in [2.45, 2.75) is 24.5 Å². The first-order valence-electron chi connectivity index (χ1n) is 7.37. The van der Waals surface area contributed by atoms with Crippen molar-refractivity contribution in [2.24, 2.45) is 5.92 Å². The minimum absolute atomic E-state index is 0.0564. The summed E-state index contributed by atoms with van der Waals surface area (Å²) in [6.45, 7) is 0.847. The quantitative estimate of drug-likeness (QED) is 0.872. The normalized spacial score (nSPS) is 26.7. The molecule has 0 aromatic heterocycles. The summed E-state index contributed by atoms with van der Waals surface area (Å²) in [5.41, 5.74) is 2.22. The fraction of sp³-hybridized carbons (Fsp3) is 0.533. The Morgan fingerprint density at radius 3 is 2.90 bits per heavy atom. The lowest BCUT2D eigenvalue weighted by Crippen LogP contribution is -2.42. The van der Waals surface area contributed by atoms with Crippen molar-refractivity contribution < 1.29 is 13.2 Å². The third kappa shape index (κ3) is 3.05. The lowest BCUT2D eigenvalue weighted by Gasteiger charge is -2.25. The fourth-order valence-corrected chi connectivity index (χ4v) is 4.84. The Labute approximate surface area is 125 Å². The van der Waals surface area contributed by atoms with Gasteiger partial charge in [0.05, 0.1) is 16.9 Å². The molecule has 1 fully saturated rings. The standard InChI is InChI=1S/C15H20N2O3S/c18-15(17-10-13-5-3-7-21(13,19)20)12-8-11-4-1-2-6-14(11)16-9-12/h1-2,4,6,12-13,16H,3,5,7-10H2,(H,17,18). The summed E-state index contributed by atoms with van der Waals surface area (Å²) in [6, 6.07) is 7.96. The van der Waals surface area contributed by atoms with Gasteiger partial charge in [0.15, 0.2) is 9.84 Å². The highest BCUT2D eigenvalue weighted by atomic mass is 32.2. The number of para-hydroxylation sites is 1. The van der Waals surface area contributed by atoms with Crippen LogP contribution in [0.4, 0.5) is 5.69 Å². The molecule has 1 aromatic carbocycles. The zero-order chi connectivity index (χ0) is 14.9. The first-order chi connectivity index (χ1) is 10.1. The number of carbonyl (C=O) groups excluding carboxylic acids is 1. The lowest BCUT2D eigenvalue weighted by atomic mass is 9.93. The average molecular weight is 308 g/mol. The summed E-state index contributed by atoms with van der Waals surface area (Å²) in [5.74, 6) is 0.0643. The van der Waals surface area contributed by atoms with Crippen LogP contribution in [0.5, 0.6) is 0 Å². The second kappa shape index (κ2) is 5.67. The van der Waals surface area contributed by atoms with Crippen LogP contribution in [0.15, 0.2) is 24.3 Å². The van der Waals surface area contributed by atoms with Gasteiger partial charge < -0.3 is 10.6 Å². The van der Waals surface area contributed by atoms with E-state index in [0.717, 1.165) is 11.3 Å². The number of benzene rings is 1. The van der Waals surface area contributed by atoms with Gasteiger partial charge in [0.1, 0.15) is 0 Å². The zero-order valence-electron chi connectivity index (χ0n) is 11.8. The third-order valence-electron chi connectivity index (χ3n) is 4.36. The Balaban J connectivity index is 1.57. The van der Waals surface area contributed by atoms with Crippen LogP contribution >= 0.6 is 0 Å². The lowest BCUT2D eigenvalue weighted by molar-refractivity contribution is -0.124. The molecule has 2 unspecified atom stereocenters. The minimum atomic E-state index is -2.99. The SMILES string of the molecule is O=C(NCC1CCCS1(=O)=O)C1CNc2ccccc2C1. The summed E-state index contributed by atoms with van der Waals surface area (Å²) >= 11 is 0. The van der Waals surface area contributed by atoms with Crippen LogP contribution < -0.4 is 10.6 Å². The molecule has 2 aliphatic heterocycles. The van der Waals surface area contributed by atoms with E-state index in [9.17, 15) is 13.2 Å². The van der Waals surface area contributed by atoms with Crippen LogP contribution in [-0.4, -0.2) is 38.4 Å². The number of hydrogen-bond acceptors (Lipinski definition) is 4. The van der Waals surface area contributed by atoms with Crippen molar-refractivity contribution in [2.75, 3.05) is 24.2 Å². The van der Waals surface area contributed by atoms with E-state index in [4.69, 9.17) is 0 Å². The van der Waals surface area contributed by atoms with Gasteiger partial charge in [-0.15, -0.1) is 0 Å². The van der Waals surface area contributed by atoms with Crippen molar-refractivity contribution >= 4 is 21.4 Å². The van der Waals surface area contributed by atoms with E-state index >= 15 is 0 Å². The molecule has 1 aromatic rings.